The van der Waals surface area contributed by atoms with Crippen LogP contribution in [0.5, 0.6) is 0 Å². The predicted molar refractivity (Wildman–Crippen MR) is 148 cm³/mol. The average Bonchev–Trinajstić information content (AvgIpc) is 3.20. The largest absolute Gasteiger partial charge is 0.437 e. The van der Waals surface area contributed by atoms with Gasteiger partial charge in [0, 0.05) is 18.9 Å². The molecule has 6 heteroatoms. The van der Waals surface area contributed by atoms with Crippen LogP contribution in [-0.2, 0) is 18.4 Å². The number of ether oxygens (including phenoxy) is 1. The van der Waals surface area contributed by atoms with Crippen molar-refractivity contribution in [2.24, 2.45) is 11.8 Å². The Morgan fingerprint density at radius 1 is 0.941 bits per heavy atom. The Bertz CT molecular complexity index is 668. The van der Waals surface area contributed by atoms with Crippen LogP contribution in [0.25, 0.3) is 0 Å². The summed E-state index contributed by atoms with van der Waals surface area (Å²) in [7, 11) is -4.36. The van der Waals surface area contributed by atoms with Crippen LogP contribution in [0.1, 0.15) is 116 Å². The predicted octanol–water partition coefficient (Wildman–Crippen LogP) is 8.82. The first-order valence-corrected chi connectivity index (χ1v) is 18.0. The third kappa shape index (κ3) is 4.87. The highest BCUT2D eigenvalue weighted by molar-refractivity contribution is 6.81. The van der Waals surface area contributed by atoms with Crippen LogP contribution in [0, 0.1) is 11.8 Å². The third-order valence-corrected chi connectivity index (χ3v) is 22.3. The van der Waals surface area contributed by atoms with Gasteiger partial charge in [-0.05, 0) is 57.4 Å². The van der Waals surface area contributed by atoms with Crippen LogP contribution in [0.15, 0.2) is 0 Å². The highest BCUT2D eigenvalue weighted by atomic mass is 28.4. The molecule has 1 saturated carbocycles. The molecule has 0 aromatic heterocycles. The Morgan fingerprint density at radius 2 is 1.41 bits per heavy atom. The van der Waals surface area contributed by atoms with E-state index in [1.165, 1.54) is 6.92 Å². The van der Waals surface area contributed by atoms with Gasteiger partial charge in [0.1, 0.15) is 0 Å². The zero-order chi connectivity index (χ0) is 26.4. The molecule has 0 spiro atoms. The molecule has 0 bridgehead atoms. The Hall–Kier alpha value is -0.176. The molecule has 1 aliphatic heterocycles. The summed E-state index contributed by atoms with van der Waals surface area (Å²) < 4.78 is 20.5. The van der Waals surface area contributed by atoms with E-state index in [9.17, 15) is 4.79 Å². The molecule has 0 aromatic rings. The van der Waals surface area contributed by atoms with Crippen LogP contribution in [-0.4, -0.2) is 35.0 Å². The number of hydrogen-bond acceptors (Lipinski definition) is 4. The van der Waals surface area contributed by atoms with Crippen molar-refractivity contribution in [1.82, 2.24) is 0 Å². The number of carbonyl (C=O) groups excluding carboxylic acids is 1. The fourth-order valence-electron chi connectivity index (χ4n) is 8.71. The summed E-state index contributed by atoms with van der Waals surface area (Å²) in [5.74, 6) is 0.380. The van der Waals surface area contributed by atoms with Crippen LogP contribution >= 0.6 is 0 Å². The number of esters is 1. The Morgan fingerprint density at radius 3 is 1.76 bits per heavy atom. The topological polar surface area (TPSA) is 44.8 Å². The van der Waals surface area contributed by atoms with Crippen molar-refractivity contribution in [2.45, 2.75) is 161 Å². The molecule has 200 valence electrons. The smallest absolute Gasteiger partial charge is 0.304 e. The van der Waals surface area contributed by atoms with Crippen molar-refractivity contribution in [3.8, 4) is 0 Å². The lowest BCUT2D eigenvalue weighted by Gasteiger charge is -2.51. The van der Waals surface area contributed by atoms with Gasteiger partial charge in [-0.3, -0.25) is 4.79 Å². The molecule has 0 amide bonds. The zero-order valence-electron chi connectivity index (χ0n) is 24.9. The molecule has 1 heterocycles. The molecule has 0 aromatic carbocycles. The van der Waals surface area contributed by atoms with Gasteiger partial charge in [-0.2, -0.15) is 0 Å². The Labute approximate surface area is 213 Å². The van der Waals surface area contributed by atoms with E-state index in [2.05, 4.69) is 90.0 Å². The average molecular weight is 513 g/mol. The van der Waals surface area contributed by atoms with Crippen molar-refractivity contribution >= 4 is 22.6 Å². The maximum atomic E-state index is 12.2. The zero-order valence-corrected chi connectivity index (χ0v) is 26.9. The Kier molecular flexibility index (Phi) is 9.10. The summed E-state index contributed by atoms with van der Waals surface area (Å²) in [4.78, 5) is 12.2. The molecule has 2 aliphatic rings. The summed E-state index contributed by atoms with van der Waals surface area (Å²) in [5, 5.41) is 0.0969. The first-order valence-electron chi connectivity index (χ1n) is 13.9. The summed E-state index contributed by atoms with van der Waals surface area (Å²) in [6.07, 6.45) is 3.06. The highest BCUT2D eigenvalue weighted by Crippen LogP contribution is 2.69. The molecule has 2 fully saturated rings. The third-order valence-electron chi connectivity index (χ3n) is 9.36. The van der Waals surface area contributed by atoms with Gasteiger partial charge in [0.15, 0.2) is 6.29 Å². The highest BCUT2D eigenvalue weighted by Gasteiger charge is 2.71. The van der Waals surface area contributed by atoms with Gasteiger partial charge in [0.2, 0.25) is 16.6 Å². The molecule has 0 N–H and O–H groups in total. The van der Waals surface area contributed by atoms with Crippen molar-refractivity contribution in [3.05, 3.63) is 0 Å². The van der Waals surface area contributed by atoms with Crippen LogP contribution in [0.3, 0.4) is 0 Å². The maximum absolute atomic E-state index is 12.2. The second-order valence-electron chi connectivity index (χ2n) is 14.1. The van der Waals surface area contributed by atoms with Gasteiger partial charge in [-0.15, -0.1) is 0 Å². The second-order valence-corrected chi connectivity index (χ2v) is 25.0. The quantitative estimate of drug-likeness (QED) is 0.241. The van der Waals surface area contributed by atoms with Crippen LogP contribution in [0.4, 0.5) is 0 Å². The molecular formula is C28H56O4Si2. The lowest BCUT2D eigenvalue weighted by molar-refractivity contribution is -0.169. The molecule has 34 heavy (non-hydrogen) atoms. The molecule has 2 rings (SSSR count). The molecular weight excluding hydrogens is 456 g/mol. The lowest BCUT2D eigenvalue weighted by atomic mass is 9.88. The van der Waals surface area contributed by atoms with Crippen molar-refractivity contribution < 1.29 is 18.4 Å². The number of carbonyl (C=O) groups is 1. The van der Waals surface area contributed by atoms with Gasteiger partial charge in [-0.25, -0.2) is 0 Å². The summed E-state index contributed by atoms with van der Waals surface area (Å²) >= 11 is 0. The van der Waals surface area contributed by atoms with E-state index in [0.29, 0.717) is 28.1 Å². The van der Waals surface area contributed by atoms with E-state index in [1.54, 1.807) is 0 Å². The van der Waals surface area contributed by atoms with E-state index < -0.39 is 22.9 Å². The monoisotopic (exact) mass is 512 g/mol. The second kappa shape index (κ2) is 10.3. The van der Waals surface area contributed by atoms with Gasteiger partial charge in [0.05, 0.1) is 0 Å². The number of hydrogen-bond donors (Lipinski definition) is 0. The van der Waals surface area contributed by atoms with E-state index >= 15 is 0 Å². The molecule has 0 radical (unpaired) electrons. The van der Waals surface area contributed by atoms with E-state index in [4.69, 9.17) is 13.6 Å². The summed E-state index contributed by atoms with van der Waals surface area (Å²) in [5.41, 5.74) is 2.15. The first kappa shape index (κ1) is 30.1. The number of fused-ring (bicyclic) bond motifs is 1. The van der Waals surface area contributed by atoms with E-state index in [1.807, 2.05) is 0 Å². The van der Waals surface area contributed by atoms with E-state index in [-0.39, 0.29) is 28.1 Å². The molecule has 1 saturated heterocycles. The molecule has 1 unspecified atom stereocenters. The SMILES string of the molecule is CC[C@H](O[Si](C(C)C)(C(C)C)C(C)C)[C@H]1CC[C@H]2[C@@H]1C(OC(C)=O)O[Si]2(C(C)(C)C)C(C)(C)C. The normalized spacial score (nSPS) is 28.6. The molecule has 1 aliphatic carbocycles. The van der Waals surface area contributed by atoms with Crippen molar-refractivity contribution in [3.63, 3.8) is 0 Å². The van der Waals surface area contributed by atoms with Gasteiger partial charge in [-0.1, -0.05) is 90.0 Å². The van der Waals surface area contributed by atoms with Gasteiger partial charge in [0.25, 0.3) is 0 Å². The lowest BCUT2D eigenvalue weighted by Crippen LogP contribution is -2.55. The van der Waals surface area contributed by atoms with Gasteiger partial charge >= 0.3 is 5.97 Å². The fourth-order valence-corrected chi connectivity index (χ4v) is 21.8. The maximum Gasteiger partial charge on any atom is 0.304 e. The van der Waals surface area contributed by atoms with E-state index in [0.717, 1.165) is 19.3 Å². The summed E-state index contributed by atoms with van der Waals surface area (Å²) in [6, 6.07) is 0. The molecule has 5 atom stereocenters. The summed E-state index contributed by atoms with van der Waals surface area (Å²) in [6.45, 7) is 32.2. The number of rotatable bonds is 8. The fraction of sp³-hybridized carbons (Fsp3) is 0.964. The van der Waals surface area contributed by atoms with Gasteiger partial charge < -0.3 is 13.6 Å². The minimum atomic E-state index is -2.34. The van der Waals surface area contributed by atoms with Crippen molar-refractivity contribution in [1.29, 1.82) is 0 Å². The van der Waals surface area contributed by atoms with Crippen LogP contribution < -0.4 is 0 Å². The van der Waals surface area contributed by atoms with Crippen LogP contribution in [0.2, 0.25) is 32.2 Å². The minimum Gasteiger partial charge on any atom is -0.437 e. The Balaban J connectivity index is 2.57. The standard InChI is InChI=1S/C28H56O4Si2/c1-15-23(31-33(18(2)3,19(4)5)20(6)7)22-16-17-24-25(22)26(30-21(8)29)32-34(24,27(9,10)11)28(12,13)14/h18-20,22-26H,15-17H2,1-14H3/t22-,23+,24+,25-,26?/m1/s1. The van der Waals surface area contributed by atoms with Crippen molar-refractivity contribution in [2.75, 3.05) is 0 Å². The molecule has 4 nitrogen and oxygen atoms in total. The minimum absolute atomic E-state index is 0.0484. The first-order chi connectivity index (χ1) is 15.4.